The van der Waals surface area contributed by atoms with Crippen molar-refractivity contribution in [1.82, 2.24) is 5.32 Å². The van der Waals surface area contributed by atoms with Crippen molar-refractivity contribution >= 4 is 5.91 Å². The van der Waals surface area contributed by atoms with E-state index >= 15 is 0 Å². The monoisotopic (exact) mass is 183 g/mol. The van der Waals surface area contributed by atoms with Gasteiger partial charge in [-0.2, -0.15) is 0 Å². The molecule has 0 aliphatic rings. The van der Waals surface area contributed by atoms with Crippen molar-refractivity contribution in [3.05, 3.63) is 0 Å². The third-order valence-electron chi connectivity index (χ3n) is 1.80. The molecule has 1 amide bonds. The second kappa shape index (κ2) is 4.88. The first-order valence-electron chi connectivity index (χ1n) is 4.37. The van der Waals surface area contributed by atoms with Crippen molar-refractivity contribution in [3.8, 4) is 11.8 Å². The van der Waals surface area contributed by atoms with Gasteiger partial charge in [0.25, 0.3) is 5.91 Å². The van der Waals surface area contributed by atoms with Gasteiger partial charge in [-0.3, -0.25) is 4.79 Å². The van der Waals surface area contributed by atoms with E-state index in [1.807, 2.05) is 6.92 Å². The van der Waals surface area contributed by atoms with Gasteiger partial charge < -0.3 is 10.4 Å². The molecule has 0 aromatic rings. The van der Waals surface area contributed by atoms with E-state index in [0.717, 1.165) is 0 Å². The molecular weight excluding hydrogens is 166 g/mol. The Balaban J connectivity index is 4.28. The molecule has 0 aromatic heterocycles. The van der Waals surface area contributed by atoms with Crippen molar-refractivity contribution < 1.29 is 9.90 Å². The zero-order valence-electron chi connectivity index (χ0n) is 8.64. The van der Waals surface area contributed by atoms with Crippen molar-refractivity contribution in [1.29, 1.82) is 0 Å². The van der Waals surface area contributed by atoms with Gasteiger partial charge >= 0.3 is 0 Å². The van der Waals surface area contributed by atoms with Crippen molar-refractivity contribution in [2.75, 3.05) is 0 Å². The highest BCUT2D eigenvalue weighted by Crippen LogP contribution is 2.11. The van der Waals surface area contributed by atoms with E-state index in [4.69, 9.17) is 0 Å². The lowest BCUT2D eigenvalue weighted by Crippen LogP contribution is -2.48. The van der Waals surface area contributed by atoms with Crippen molar-refractivity contribution in [2.24, 2.45) is 0 Å². The van der Waals surface area contributed by atoms with Gasteiger partial charge in [0.05, 0.1) is 11.6 Å². The summed E-state index contributed by atoms with van der Waals surface area (Å²) in [6.07, 6.45) is 0.681. The third-order valence-corrected chi connectivity index (χ3v) is 1.80. The number of amides is 1. The van der Waals surface area contributed by atoms with E-state index < -0.39 is 5.60 Å². The first kappa shape index (κ1) is 12.0. The summed E-state index contributed by atoms with van der Waals surface area (Å²) in [6, 6.07) is -0.249. The predicted molar refractivity (Wildman–Crippen MR) is 52.0 cm³/mol. The summed E-state index contributed by atoms with van der Waals surface area (Å²) in [7, 11) is 0. The summed E-state index contributed by atoms with van der Waals surface area (Å²) in [5, 5.41) is 12.3. The lowest BCUT2D eigenvalue weighted by atomic mass is 9.97. The van der Waals surface area contributed by atoms with Gasteiger partial charge in [-0.25, -0.2) is 0 Å². The van der Waals surface area contributed by atoms with E-state index in [0.29, 0.717) is 6.42 Å². The molecule has 0 rings (SSSR count). The lowest BCUT2D eigenvalue weighted by Gasteiger charge is -2.28. The number of nitrogens with one attached hydrogen (secondary N) is 1. The Labute approximate surface area is 79.5 Å². The second-order valence-corrected chi connectivity index (χ2v) is 3.46. The van der Waals surface area contributed by atoms with Gasteiger partial charge in [0.1, 0.15) is 0 Å². The fourth-order valence-corrected chi connectivity index (χ4v) is 1.09. The molecule has 2 N–H and O–H groups in total. The molecular formula is C10H17NO2. The topological polar surface area (TPSA) is 49.3 Å². The molecule has 0 aromatic carbocycles. The minimum atomic E-state index is -0.903. The minimum absolute atomic E-state index is 0.249. The van der Waals surface area contributed by atoms with E-state index in [-0.39, 0.29) is 11.9 Å². The molecule has 0 saturated heterocycles. The summed E-state index contributed by atoms with van der Waals surface area (Å²) >= 11 is 0. The largest absolute Gasteiger partial charge is 0.388 e. The summed E-state index contributed by atoms with van der Waals surface area (Å²) in [4.78, 5) is 11.1. The van der Waals surface area contributed by atoms with Gasteiger partial charge in [0.15, 0.2) is 0 Å². The first-order valence-corrected chi connectivity index (χ1v) is 4.37. The smallest absolute Gasteiger partial charge is 0.296 e. The van der Waals surface area contributed by atoms with Crippen LogP contribution in [0.2, 0.25) is 0 Å². The zero-order valence-corrected chi connectivity index (χ0v) is 8.64. The van der Waals surface area contributed by atoms with Gasteiger partial charge in [-0.05, 0) is 33.1 Å². The molecule has 0 aliphatic carbocycles. The Morgan fingerprint density at radius 3 is 2.46 bits per heavy atom. The highest BCUT2D eigenvalue weighted by Gasteiger charge is 2.25. The number of hydrogen-bond donors (Lipinski definition) is 2. The van der Waals surface area contributed by atoms with Crippen molar-refractivity contribution in [2.45, 2.75) is 45.8 Å². The van der Waals surface area contributed by atoms with Crippen molar-refractivity contribution in [3.63, 3.8) is 0 Å². The summed E-state index contributed by atoms with van der Waals surface area (Å²) in [5.74, 6) is 4.54. The molecule has 0 saturated carbocycles. The number of carbonyl (C=O) groups is 1. The maximum atomic E-state index is 11.1. The number of aliphatic hydroxyl groups is 1. The molecule has 1 unspecified atom stereocenters. The van der Waals surface area contributed by atoms with Gasteiger partial charge in [-0.15, -0.1) is 0 Å². The quantitative estimate of drug-likeness (QED) is 0.632. The van der Waals surface area contributed by atoms with Crippen LogP contribution in [0.15, 0.2) is 0 Å². The van der Waals surface area contributed by atoms with Crippen LogP contribution in [0.1, 0.15) is 34.1 Å². The van der Waals surface area contributed by atoms with Gasteiger partial charge in [0.2, 0.25) is 0 Å². The molecule has 1 atom stereocenters. The van der Waals surface area contributed by atoms with Crippen LogP contribution in [0, 0.1) is 11.8 Å². The molecule has 0 heterocycles. The number of carbonyl (C=O) groups excluding carboxylic acids is 1. The highest BCUT2D eigenvalue weighted by molar-refractivity contribution is 5.93. The first-order chi connectivity index (χ1) is 5.91. The van der Waals surface area contributed by atoms with E-state index in [9.17, 15) is 9.90 Å². The molecule has 0 aliphatic heterocycles. The molecule has 0 spiro atoms. The van der Waals surface area contributed by atoms with E-state index in [2.05, 4.69) is 17.2 Å². The summed E-state index contributed by atoms with van der Waals surface area (Å²) < 4.78 is 0. The van der Waals surface area contributed by atoms with Crippen LogP contribution in [0.4, 0.5) is 0 Å². The van der Waals surface area contributed by atoms with Gasteiger partial charge in [0, 0.05) is 0 Å². The predicted octanol–water partition coefficient (Wildman–Crippen LogP) is 0.675. The Bertz CT molecular complexity index is 230. The molecule has 74 valence electrons. The van der Waals surface area contributed by atoms with E-state index in [1.165, 1.54) is 0 Å². The average Bonchev–Trinajstić information content (AvgIpc) is 1.98. The highest BCUT2D eigenvalue weighted by atomic mass is 16.3. The number of hydrogen-bond acceptors (Lipinski definition) is 2. The molecule has 3 nitrogen and oxygen atoms in total. The van der Waals surface area contributed by atoms with Crippen LogP contribution < -0.4 is 5.32 Å². The zero-order chi connectivity index (χ0) is 10.5. The van der Waals surface area contributed by atoms with Crippen LogP contribution in [0.25, 0.3) is 0 Å². The Morgan fingerprint density at radius 1 is 1.62 bits per heavy atom. The Morgan fingerprint density at radius 2 is 2.15 bits per heavy atom. The third kappa shape index (κ3) is 4.54. The lowest BCUT2D eigenvalue weighted by molar-refractivity contribution is -0.118. The second-order valence-electron chi connectivity index (χ2n) is 3.46. The average molecular weight is 183 g/mol. The van der Waals surface area contributed by atoms with E-state index in [1.54, 1.807) is 20.8 Å². The van der Waals surface area contributed by atoms with Gasteiger partial charge in [-0.1, -0.05) is 12.8 Å². The number of rotatable bonds is 3. The molecule has 13 heavy (non-hydrogen) atoms. The fraction of sp³-hybridized carbons (Fsp3) is 0.700. The van der Waals surface area contributed by atoms with Crippen LogP contribution in [0.5, 0.6) is 0 Å². The maximum Gasteiger partial charge on any atom is 0.296 e. The normalized spacial score (nSPS) is 12.7. The Hall–Kier alpha value is -1.01. The van der Waals surface area contributed by atoms with Crippen LogP contribution in [-0.4, -0.2) is 22.7 Å². The minimum Gasteiger partial charge on any atom is -0.388 e. The molecule has 0 radical (unpaired) electrons. The molecule has 0 bridgehead atoms. The summed E-state index contributed by atoms with van der Waals surface area (Å²) in [5.41, 5.74) is -0.903. The SMILES string of the molecule is CC#CC(=O)NC(CC)C(C)(C)O. The van der Waals surface area contributed by atoms with Crippen LogP contribution in [0.3, 0.4) is 0 Å². The Kier molecular flexibility index (Phi) is 4.50. The summed E-state index contributed by atoms with van der Waals surface area (Å²) in [6.45, 7) is 6.84. The van der Waals surface area contributed by atoms with Crippen LogP contribution in [-0.2, 0) is 4.79 Å². The van der Waals surface area contributed by atoms with Crippen LogP contribution >= 0.6 is 0 Å². The fourth-order valence-electron chi connectivity index (χ4n) is 1.09. The standard InChI is InChI=1S/C10H17NO2/c1-5-7-9(12)11-8(6-2)10(3,4)13/h8,13H,6H2,1-4H3,(H,11,12). The molecule has 3 heteroatoms. The maximum absolute atomic E-state index is 11.1. The molecule has 0 fully saturated rings.